The molecule has 2 nitrogen and oxygen atoms in total. The van der Waals surface area contributed by atoms with Crippen LogP contribution in [0.4, 0.5) is 0 Å². The van der Waals surface area contributed by atoms with Crippen molar-refractivity contribution in [1.82, 2.24) is 0 Å². The molecule has 1 heterocycles. The van der Waals surface area contributed by atoms with E-state index < -0.39 is 4.93 Å². The Balaban J connectivity index is 2.71. The van der Waals surface area contributed by atoms with Crippen LogP contribution in [0.2, 0.25) is 0 Å². The third kappa shape index (κ3) is 1.77. The molecule has 0 N–H and O–H groups in total. The first-order chi connectivity index (χ1) is 5.07. The summed E-state index contributed by atoms with van der Waals surface area (Å²) in [4.78, 5) is 10.6. The molecule has 0 saturated carbocycles. The van der Waals surface area contributed by atoms with Crippen molar-refractivity contribution < 1.29 is 9.53 Å². The lowest BCUT2D eigenvalue weighted by molar-refractivity contribution is -0.144. The molecule has 0 spiro atoms. The zero-order valence-electron chi connectivity index (χ0n) is 6.96. The average Bonchev–Trinajstić information content (AvgIpc) is 2.08. The first-order valence-electron chi connectivity index (χ1n) is 3.62. The van der Waals surface area contributed by atoms with Crippen LogP contribution in [-0.4, -0.2) is 16.2 Å². The van der Waals surface area contributed by atoms with Gasteiger partial charge in [-0.3, -0.25) is 4.79 Å². The summed E-state index contributed by atoms with van der Waals surface area (Å²) in [5.41, 5.74) is 0. The van der Waals surface area contributed by atoms with Crippen LogP contribution >= 0.6 is 11.8 Å². The van der Waals surface area contributed by atoms with E-state index in [9.17, 15) is 4.79 Å². The zero-order valence-corrected chi connectivity index (χ0v) is 7.77. The van der Waals surface area contributed by atoms with Crippen molar-refractivity contribution in [2.24, 2.45) is 0 Å². The molecule has 0 bridgehead atoms. The molecule has 0 aromatic carbocycles. The maximum atomic E-state index is 11.0. The van der Waals surface area contributed by atoms with E-state index >= 15 is 0 Å². The van der Waals surface area contributed by atoms with Gasteiger partial charge in [0, 0.05) is 0 Å². The standard InChI is InChI=1S/C8H12O2S/c1-4-5-8(3)10-7(9)6(2)11-8/h4-6H,1-3H3/b5-4+. The number of hydrogen-bond acceptors (Lipinski definition) is 3. The van der Waals surface area contributed by atoms with Gasteiger partial charge in [0.25, 0.3) is 0 Å². The molecule has 0 amide bonds. The van der Waals surface area contributed by atoms with Crippen LogP contribution in [0.5, 0.6) is 0 Å². The Labute approximate surface area is 71.0 Å². The Morgan fingerprint density at radius 1 is 1.73 bits per heavy atom. The van der Waals surface area contributed by atoms with Crippen LogP contribution in [0.3, 0.4) is 0 Å². The molecule has 0 radical (unpaired) electrons. The molecular weight excluding hydrogens is 160 g/mol. The summed E-state index contributed by atoms with van der Waals surface area (Å²) in [5.74, 6) is -0.115. The number of thioether (sulfide) groups is 1. The van der Waals surface area contributed by atoms with Gasteiger partial charge in [0.1, 0.15) is 5.25 Å². The summed E-state index contributed by atoms with van der Waals surface area (Å²) in [6.07, 6.45) is 3.80. The third-order valence-electron chi connectivity index (χ3n) is 1.52. The highest BCUT2D eigenvalue weighted by atomic mass is 32.2. The van der Waals surface area contributed by atoms with Crippen molar-refractivity contribution in [3.63, 3.8) is 0 Å². The lowest BCUT2D eigenvalue weighted by Gasteiger charge is -2.15. The second-order valence-electron chi connectivity index (χ2n) is 2.70. The van der Waals surface area contributed by atoms with Crippen molar-refractivity contribution in [3.8, 4) is 0 Å². The first kappa shape index (κ1) is 8.65. The monoisotopic (exact) mass is 172 g/mol. The van der Waals surface area contributed by atoms with Gasteiger partial charge >= 0.3 is 5.97 Å². The predicted octanol–water partition coefficient (Wildman–Crippen LogP) is 1.96. The van der Waals surface area contributed by atoms with E-state index in [1.54, 1.807) is 11.8 Å². The maximum Gasteiger partial charge on any atom is 0.320 e. The Bertz CT molecular complexity index is 200. The van der Waals surface area contributed by atoms with Gasteiger partial charge in [-0.05, 0) is 26.8 Å². The Morgan fingerprint density at radius 2 is 2.36 bits per heavy atom. The van der Waals surface area contributed by atoms with E-state index in [0.717, 1.165) is 0 Å². The van der Waals surface area contributed by atoms with E-state index in [-0.39, 0.29) is 11.2 Å². The molecule has 11 heavy (non-hydrogen) atoms. The Morgan fingerprint density at radius 3 is 2.73 bits per heavy atom. The largest absolute Gasteiger partial charge is 0.443 e. The molecule has 2 atom stereocenters. The van der Waals surface area contributed by atoms with Gasteiger partial charge in [-0.2, -0.15) is 0 Å². The molecule has 0 aliphatic carbocycles. The number of carbonyl (C=O) groups is 1. The number of cyclic esters (lactones) is 1. The minimum absolute atomic E-state index is 0.0313. The van der Waals surface area contributed by atoms with E-state index in [0.29, 0.717) is 0 Å². The Kier molecular flexibility index (Phi) is 2.28. The topological polar surface area (TPSA) is 26.3 Å². The zero-order chi connectivity index (χ0) is 8.48. The van der Waals surface area contributed by atoms with Crippen molar-refractivity contribution in [1.29, 1.82) is 0 Å². The highest BCUT2D eigenvalue weighted by Gasteiger charge is 2.39. The molecule has 1 saturated heterocycles. The molecule has 1 fully saturated rings. The van der Waals surface area contributed by atoms with Gasteiger partial charge in [0.05, 0.1) is 0 Å². The van der Waals surface area contributed by atoms with Gasteiger partial charge in [0.2, 0.25) is 0 Å². The fraction of sp³-hybridized carbons (Fsp3) is 0.625. The molecule has 2 unspecified atom stereocenters. The predicted molar refractivity (Wildman–Crippen MR) is 46.4 cm³/mol. The summed E-state index contributed by atoms with van der Waals surface area (Å²) < 4.78 is 5.14. The number of allylic oxidation sites excluding steroid dienone is 1. The fourth-order valence-corrected chi connectivity index (χ4v) is 2.27. The molecule has 1 aliphatic rings. The minimum Gasteiger partial charge on any atom is -0.443 e. The molecule has 0 aromatic rings. The molecule has 1 aliphatic heterocycles. The van der Waals surface area contributed by atoms with Gasteiger partial charge in [0.15, 0.2) is 4.93 Å². The molecule has 1 rings (SSSR count). The van der Waals surface area contributed by atoms with Crippen molar-refractivity contribution in [2.45, 2.75) is 31.0 Å². The fourth-order valence-electron chi connectivity index (χ4n) is 1.08. The second kappa shape index (κ2) is 2.89. The van der Waals surface area contributed by atoms with Gasteiger partial charge in [-0.25, -0.2) is 0 Å². The quantitative estimate of drug-likeness (QED) is 0.447. The van der Waals surface area contributed by atoms with E-state index in [1.807, 2.05) is 32.9 Å². The summed E-state index contributed by atoms with van der Waals surface area (Å²) in [5, 5.41) is -0.0313. The molecule has 3 heteroatoms. The maximum absolute atomic E-state index is 11.0. The highest BCUT2D eigenvalue weighted by molar-refractivity contribution is 8.02. The van der Waals surface area contributed by atoms with E-state index in [2.05, 4.69) is 0 Å². The summed E-state index contributed by atoms with van der Waals surface area (Å²) in [7, 11) is 0. The Hall–Kier alpha value is -0.440. The van der Waals surface area contributed by atoms with Crippen LogP contribution in [0, 0.1) is 0 Å². The SMILES string of the molecule is C/C=C/C1(C)OC(=O)C(C)S1. The summed E-state index contributed by atoms with van der Waals surface area (Å²) >= 11 is 1.54. The number of esters is 1. The summed E-state index contributed by atoms with van der Waals surface area (Å²) in [6, 6.07) is 0. The van der Waals surface area contributed by atoms with Crippen molar-refractivity contribution in [3.05, 3.63) is 12.2 Å². The van der Waals surface area contributed by atoms with Crippen LogP contribution in [0.15, 0.2) is 12.2 Å². The first-order valence-corrected chi connectivity index (χ1v) is 4.50. The lowest BCUT2D eigenvalue weighted by atomic mass is 10.3. The van der Waals surface area contributed by atoms with Crippen molar-refractivity contribution in [2.75, 3.05) is 0 Å². The van der Waals surface area contributed by atoms with Gasteiger partial charge < -0.3 is 4.74 Å². The number of ether oxygens (including phenoxy) is 1. The number of carbonyl (C=O) groups excluding carboxylic acids is 1. The smallest absolute Gasteiger partial charge is 0.320 e. The van der Waals surface area contributed by atoms with E-state index in [1.165, 1.54) is 0 Å². The average molecular weight is 172 g/mol. The lowest BCUT2D eigenvalue weighted by Crippen LogP contribution is -2.16. The van der Waals surface area contributed by atoms with Crippen molar-refractivity contribution >= 4 is 17.7 Å². The van der Waals surface area contributed by atoms with Crippen LogP contribution < -0.4 is 0 Å². The van der Waals surface area contributed by atoms with Crippen LogP contribution in [-0.2, 0) is 9.53 Å². The van der Waals surface area contributed by atoms with Gasteiger partial charge in [-0.15, -0.1) is 0 Å². The third-order valence-corrected chi connectivity index (χ3v) is 2.75. The normalized spacial score (nSPS) is 38.1. The minimum atomic E-state index is -0.425. The van der Waals surface area contributed by atoms with Crippen LogP contribution in [0.25, 0.3) is 0 Å². The van der Waals surface area contributed by atoms with Gasteiger partial charge in [-0.1, -0.05) is 17.8 Å². The highest BCUT2D eigenvalue weighted by Crippen LogP contribution is 2.39. The molecule has 62 valence electrons. The second-order valence-corrected chi connectivity index (χ2v) is 4.45. The summed E-state index contributed by atoms with van der Waals surface area (Å²) in [6.45, 7) is 5.68. The van der Waals surface area contributed by atoms with E-state index in [4.69, 9.17) is 4.74 Å². The molecule has 0 aromatic heterocycles. The molecular formula is C8H12O2S. The number of hydrogen-bond donors (Lipinski definition) is 0. The van der Waals surface area contributed by atoms with Crippen LogP contribution in [0.1, 0.15) is 20.8 Å². The number of rotatable bonds is 1.